The molecule has 5 heteroatoms. The molecule has 0 fully saturated rings. The third-order valence-electron chi connectivity index (χ3n) is 2.63. The number of aromatic hydroxyl groups is 1. The Morgan fingerprint density at radius 2 is 2.00 bits per heavy atom. The van der Waals surface area contributed by atoms with Crippen molar-refractivity contribution in [3.63, 3.8) is 0 Å². The minimum Gasteiger partial charge on any atom is -0.508 e. The van der Waals surface area contributed by atoms with Gasteiger partial charge >= 0.3 is 0 Å². The van der Waals surface area contributed by atoms with Crippen LogP contribution in [0, 0.1) is 5.82 Å². The van der Waals surface area contributed by atoms with Gasteiger partial charge in [-0.15, -0.1) is 0 Å². The van der Waals surface area contributed by atoms with E-state index in [-0.39, 0.29) is 17.9 Å². The number of nitrogens with two attached hydrogens (primary N) is 1. The fraction of sp³-hybridized carbons (Fsp3) is 0.0714. The van der Waals surface area contributed by atoms with Crippen LogP contribution in [0.2, 0.25) is 0 Å². The van der Waals surface area contributed by atoms with Crippen LogP contribution >= 0.6 is 0 Å². The number of anilines is 2. The van der Waals surface area contributed by atoms with Crippen LogP contribution in [0.1, 0.15) is 5.56 Å². The van der Waals surface area contributed by atoms with Gasteiger partial charge in [0.1, 0.15) is 11.6 Å². The zero-order valence-corrected chi connectivity index (χ0v) is 10.1. The molecule has 0 aromatic heterocycles. The second kappa shape index (κ2) is 5.39. The minimum atomic E-state index is -0.500. The zero-order chi connectivity index (χ0) is 13.8. The third kappa shape index (κ3) is 3.22. The summed E-state index contributed by atoms with van der Waals surface area (Å²) in [5, 5.41) is 11.8. The molecule has 0 bridgehead atoms. The van der Waals surface area contributed by atoms with Crippen LogP contribution in [0.5, 0.6) is 5.75 Å². The number of halogens is 1. The molecule has 0 aliphatic rings. The van der Waals surface area contributed by atoms with E-state index in [0.29, 0.717) is 11.3 Å². The maximum Gasteiger partial charge on any atom is 0.228 e. The number of hydrogen-bond donors (Lipinski definition) is 3. The van der Waals surface area contributed by atoms with Gasteiger partial charge in [-0.1, -0.05) is 12.1 Å². The van der Waals surface area contributed by atoms with E-state index in [1.54, 1.807) is 6.07 Å². The quantitative estimate of drug-likeness (QED) is 0.585. The van der Waals surface area contributed by atoms with Crippen molar-refractivity contribution < 1.29 is 14.3 Å². The van der Waals surface area contributed by atoms with Gasteiger partial charge in [0.05, 0.1) is 12.1 Å². The number of carbonyl (C=O) groups is 1. The van der Waals surface area contributed by atoms with Crippen molar-refractivity contribution in [3.8, 4) is 5.75 Å². The third-order valence-corrected chi connectivity index (χ3v) is 2.63. The van der Waals surface area contributed by atoms with Gasteiger partial charge in [-0.2, -0.15) is 0 Å². The highest BCUT2D eigenvalue weighted by molar-refractivity contribution is 5.93. The summed E-state index contributed by atoms with van der Waals surface area (Å²) in [5.41, 5.74) is 6.71. The molecule has 2 aromatic carbocycles. The van der Waals surface area contributed by atoms with Gasteiger partial charge in [-0.3, -0.25) is 4.79 Å². The first-order chi connectivity index (χ1) is 9.06. The van der Waals surface area contributed by atoms with E-state index < -0.39 is 11.7 Å². The van der Waals surface area contributed by atoms with Crippen LogP contribution in [-0.2, 0) is 11.2 Å². The van der Waals surface area contributed by atoms with Crippen molar-refractivity contribution in [3.05, 3.63) is 53.8 Å². The van der Waals surface area contributed by atoms with E-state index >= 15 is 0 Å². The van der Waals surface area contributed by atoms with Crippen molar-refractivity contribution in [1.82, 2.24) is 0 Å². The second-order valence-corrected chi connectivity index (χ2v) is 4.09. The average molecular weight is 260 g/mol. The molecule has 2 rings (SSSR count). The Labute approximate surface area is 109 Å². The fourth-order valence-corrected chi connectivity index (χ4v) is 1.68. The Morgan fingerprint density at radius 3 is 2.74 bits per heavy atom. The molecule has 0 heterocycles. The largest absolute Gasteiger partial charge is 0.508 e. The second-order valence-electron chi connectivity index (χ2n) is 4.09. The highest BCUT2D eigenvalue weighted by Crippen LogP contribution is 2.20. The van der Waals surface area contributed by atoms with Crippen LogP contribution in [0.3, 0.4) is 0 Å². The number of para-hydroxylation sites is 1. The molecule has 1 amide bonds. The number of benzene rings is 2. The Kier molecular flexibility index (Phi) is 3.66. The van der Waals surface area contributed by atoms with Crippen molar-refractivity contribution >= 4 is 17.3 Å². The van der Waals surface area contributed by atoms with Gasteiger partial charge in [-0.25, -0.2) is 4.39 Å². The van der Waals surface area contributed by atoms with Crippen molar-refractivity contribution in [2.24, 2.45) is 0 Å². The molecule has 0 atom stereocenters. The molecule has 4 N–H and O–H groups in total. The predicted octanol–water partition coefficient (Wildman–Crippen LogP) is 2.29. The molecule has 19 heavy (non-hydrogen) atoms. The summed E-state index contributed by atoms with van der Waals surface area (Å²) in [4.78, 5) is 11.8. The van der Waals surface area contributed by atoms with Crippen molar-refractivity contribution in [1.29, 1.82) is 0 Å². The topological polar surface area (TPSA) is 75.3 Å². The van der Waals surface area contributed by atoms with Gasteiger partial charge in [-0.05, 0) is 35.9 Å². The van der Waals surface area contributed by atoms with Gasteiger partial charge in [0.25, 0.3) is 0 Å². The molecule has 0 spiro atoms. The Morgan fingerprint density at radius 1 is 1.26 bits per heavy atom. The lowest BCUT2D eigenvalue weighted by Crippen LogP contribution is -2.16. The first kappa shape index (κ1) is 12.9. The van der Waals surface area contributed by atoms with Gasteiger partial charge < -0.3 is 16.2 Å². The van der Waals surface area contributed by atoms with Crippen LogP contribution in [0.15, 0.2) is 42.5 Å². The molecule has 2 aromatic rings. The highest BCUT2D eigenvalue weighted by Gasteiger charge is 2.09. The molecule has 4 nitrogen and oxygen atoms in total. The van der Waals surface area contributed by atoms with Gasteiger partial charge in [0.15, 0.2) is 0 Å². The molecular weight excluding hydrogens is 247 g/mol. The number of amides is 1. The fourth-order valence-electron chi connectivity index (χ4n) is 1.68. The van der Waals surface area contributed by atoms with Gasteiger partial charge in [0, 0.05) is 5.69 Å². The Bertz CT molecular complexity index is 614. The predicted molar refractivity (Wildman–Crippen MR) is 71.3 cm³/mol. The summed E-state index contributed by atoms with van der Waals surface area (Å²) in [5.74, 6) is -0.870. The summed E-state index contributed by atoms with van der Waals surface area (Å²) in [7, 11) is 0. The lowest BCUT2D eigenvalue weighted by Gasteiger charge is -2.08. The molecule has 0 saturated carbocycles. The molecule has 0 saturated heterocycles. The van der Waals surface area contributed by atoms with Crippen molar-refractivity contribution in [2.45, 2.75) is 6.42 Å². The molecule has 0 aliphatic heterocycles. The summed E-state index contributed by atoms with van der Waals surface area (Å²) < 4.78 is 13.4. The number of carbonyl (C=O) groups excluding carboxylic acids is 1. The van der Waals surface area contributed by atoms with E-state index in [9.17, 15) is 14.3 Å². The average Bonchev–Trinajstić information content (AvgIpc) is 2.37. The van der Waals surface area contributed by atoms with Crippen LogP contribution in [-0.4, -0.2) is 11.0 Å². The highest BCUT2D eigenvalue weighted by atomic mass is 19.1. The number of nitrogens with one attached hydrogen (secondary N) is 1. The summed E-state index contributed by atoms with van der Waals surface area (Å²) in [6, 6.07) is 10.3. The minimum absolute atomic E-state index is 0.0305. The summed E-state index contributed by atoms with van der Waals surface area (Å²) in [6.45, 7) is 0. The maximum absolute atomic E-state index is 13.4. The smallest absolute Gasteiger partial charge is 0.228 e. The molecule has 0 radical (unpaired) electrons. The van der Waals surface area contributed by atoms with Crippen LogP contribution < -0.4 is 11.1 Å². The summed E-state index contributed by atoms with van der Waals surface area (Å²) >= 11 is 0. The van der Waals surface area contributed by atoms with E-state index in [4.69, 9.17) is 5.73 Å². The zero-order valence-electron chi connectivity index (χ0n) is 10.1. The number of phenolic OH excluding ortho intramolecular Hbond substituents is 1. The standard InChI is InChI=1S/C14H13FN2O2/c15-11-3-1-2-4-13(11)17-14(19)8-9-7-10(18)5-6-12(9)16/h1-7,18H,8,16H2,(H,17,19). The first-order valence-corrected chi connectivity index (χ1v) is 5.68. The lowest BCUT2D eigenvalue weighted by molar-refractivity contribution is -0.115. The Balaban J connectivity index is 2.10. The summed E-state index contributed by atoms with van der Waals surface area (Å²) in [6.07, 6.45) is -0.0332. The van der Waals surface area contributed by atoms with E-state index in [1.807, 2.05) is 0 Å². The van der Waals surface area contributed by atoms with E-state index in [2.05, 4.69) is 5.32 Å². The van der Waals surface area contributed by atoms with Crippen LogP contribution in [0.4, 0.5) is 15.8 Å². The van der Waals surface area contributed by atoms with E-state index in [1.165, 1.54) is 36.4 Å². The molecule has 98 valence electrons. The molecular formula is C14H13FN2O2. The van der Waals surface area contributed by atoms with Crippen LogP contribution in [0.25, 0.3) is 0 Å². The van der Waals surface area contributed by atoms with Gasteiger partial charge in [0.2, 0.25) is 5.91 Å². The maximum atomic E-state index is 13.4. The number of rotatable bonds is 3. The number of nitrogen functional groups attached to an aromatic ring is 1. The SMILES string of the molecule is Nc1ccc(O)cc1CC(=O)Nc1ccccc1F. The normalized spacial score (nSPS) is 10.2. The van der Waals surface area contributed by atoms with Crippen molar-refractivity contribution in [2.75, 3.05) is 11.1 Å². The molecule has 0 aliphatic carbocycles. The first-order valence-electron chi connectivity index (χ1n) is 5.68. The number of hydrogen-bond acceptors (Lipinski definition) is 3. The Hall–Kier alpha value is -2.56. The molecule has 0 unspecified atom stereocenters. The lowest BCUT2D eigenvalue weighted by atomic mass is 10.1. The number of phenols is 1. The monoisotopic (exact) mass is 260 g/mol. The van der Waals surface area contributed by atoms with E-state index in [0.717, 1.165) is 0 Å².